The molecule has 0 heterocycles. The first-order valence-electron chi connectivity index (χ1n) is 7.97. The molecule has 0 amide bonds. The van der Waals surface area contributed by atoms with E-state index in [9.17, 15) is 5.11 Å². The maximum absolute atomic E-state index is 10.8. The quantitative estimate of drug-likeness (QED) is 0.795. The van der Waals surface area contributed by atoms with Crippen LogP contribution in [0.15, 0.2) is 47.5 Å². The third kappa shape index (κ3) is 3.73. The summed E-state index contributed by atoms with van der Waals surface area (Å²) in [6, 6.07) is 13.9. The van der Waals surface area contributed by atoms with Crippen LogP contribution in [0.5, 0.6) is 11.5 Å². The molecule has 0 aromatic heterocycles. The number of hydrogen-bond donors (Lipinski definition) is 1. The van der Waals surface area contributed by atoms with Gasteiger partial charge in [0.25, 0.3) is 0 Å². The number of aliphatic imine (C=N–C) groups is 1. The Bertz CT molecular complexity index is 676. The lowest BCUT2D eigenvalue weighted by Crippen LogP contribution is -2.19. The van der Waals surface area contributed by atoms with Crippen LogP contribution in [0, 0.1) is 0 Å². The second-order valence-corrected chi connectivity index (χ2v) is 6.14. The molecule has 0 atom stereocenters. The van der Waals surface area contributed by atoms with Crippen molar-refractivity contribution in [3.63, 3.8) is 0 Å². The van der Waals surface area contributed by atoms with Crippen LogP contribution in [0.25, 0.3) is 0 Å². The highest BCUT2D eigenvalue weighted by molar-refractivity contribution is 5.85. The normalized spacial score (nSPS) is 11.8. The summed E-state index contributed by atoms with van der Waals surface area (Å²) >= 11 is 0. The number of nitrogens with zero attached hydrogens (tertiary/aromatic N) is 1. The van der Waals surface area contributed by atoms with E-state index in [1.807, 2.05) is 30.3 Å². The van der Waals surface area contributed by atoms with Crippen molar-refractivity contribution < 1.29 is 9.84 Å². The molecule has 0 saturated carbocycles. The molecule has 0 aliphatic heterocycles. The lowest BCUT2D eigenvalue weighted by Gasteiger charge is -2.28. The van der Waals surface area contributed by atoms with Gasteiger partial charge in [0.1, 0.15) is 11.5 Å². The number of phenols is 1. The molecule has 0 spiro atoms. The van der Waals surface area contributed by atoms with Gasteiger partial charge in [0, 0.05) is 29.3 Å². The molecule has 0 bridgehead atoms. The minimum atomic E-state index is -0.340. The average Bonchev–Trinajstić information content (AvgIpc) is 2.57. The molecule has 23 heavy (non-hydrogen) atoms. The lowest BCUT2D eigenvalue weighted by atomic mass is 9.77. The Hall–Kier alpha value is -2.29. The summed E-state index contributed by atoms with van der Waals surface area (Å²) in [6.07, 6.45) is 2.70. The van der Waals surface area contributed by atoms with Crippen LogP contribution < -0.4 is 4.74 Å². The van der Waals surface area contributed by atoms with Crippen molar-refractivity contribution in [2.24, 2.45) is 4.99 Å². The summed E-state index contributed by atoms with van der Waals surface area (Å²) in [7, 11) is 1.64. The van der Waals surface area contributed by atoms with Crippen LogP contribution in [0.4, 0.5) is 0 Å². The lowest BCUT2D eigenvalue weighted by molar-refractivity contribution is 0.407. The van der Waals surface area contributed by atoms with E-state index in [4.69, 9.17) is 4.74 Å². The molecule has 2 rings (SSSR count). The van der Waals surface area contributed by atoms with E-state index in [0.717, 1.165) is 29.8 Å². The first kappa shape index (κ1) is 17.1. The largest absolute Gasteiger partial charge is 0.507 e. The summed E-state index contributed by atoms with van der Waals surface area (Å²) in [5, 5.41) is 10.8. The molecule has 0 saturated heterocycles. The van der Waals surface area contributed by atoms with Gasteiger partial charge in [-0.25, -0.2) is 0 Å². The Morgan fingerprint density at radius 3 is 2.48 bits per heavy atom. The van der Waals surface area contributed by atoms with E-state index in [1.54, 1.807) is 13.3 Å². The number of aromatic hydroxyl groups is 1. The molecule has 0 unspecified atom stereocenters. The van der Waals surface area contributed by atoms with Crippen LogP contribution in [0.2, 0.25) is 0 Å². The highest BCUT2D eigenvalue weighted by Gasteiger charge is 2.28. The van der Waals surface area contributed by atoms with E-state index in [0.29, 0.717) is 5.56 Å². The van der Waals surface area contributed by atoms with Crippen LogP contribution in [0.1, 0.15) is 43.9 Å². The van der Waals surface area contributed by atoms with Crippen LogP contribution in [0.3, 0.4) is 0 Å². The van der Waals surface area contributed by atoms with Crippen molar-refractivity contribution in [3.05, 3.63) is 59.2 Å². The number of hydrogen-bond acceptors (Lipinski definition) is 3. The van der Waals surface area contributed by atoms with E-state index < -0.39 is 0 Å². The van der Waals surface area contributed by atoms with Crippen molar-refractivity contribution in [3.8, 4) is 11.5 Å². The van der Waals surface area contributed by atoms with Crippen molar-refractivity contribution >= 4 is 6.21 Å². The van der Waals surface area contributed by atoms with Gasteiger partial charge in [-0.2, -0.15) is 0 Å². The molecule has 3 nitrogen and oxygen atoms in total. The van der Waals surface area contributed by atoms with Crippen molar-refractivity contribution in [2.75, 3.05) is 13.7 Å². The molecule has 0 fully saturated rings. The molecule has 3 heteroatoms. The molecule has 0 aliphatic rings. The predicted octanol–water partition coefficient (Wildman–Crippen LogP) is 4.56. The zero-order chi connectivity index (χ0) is 16.9. The Balaban J connectivity index is 2.55. The second-order valence-electron chi connectivity index (χ2n) is 6.14. The van der Waals surface area contributed by atoms with E-state index in [-0.39, 0.29) is 11.2 Å². The summed E-state index contributed by atoms with van der Waals surface area (Å²) in [6.45, 7) is 7.02. The van der Waals surface area contributed by atoms with Gasteiger partial charge in [-0.05, 0) is 24.1 Å². The zero-order valence-corrected chi connectivity index (χ0v) is 14.3. The van der Waals surface area contributed by atoms with Crippen LogP contribution in [-0.4, -0.2) is 25.0 Å². The Kier molecular flexibility index (Phi) is 5.43. The smallest absolute Gasteiger partial charge is 0.128 e. The summed E-state index contributed by atoms with van der Waals surface area (Å²) < 4.78 is 5.42. The maximum atomic E-state index is 10.8. The van der Waals surface area contributed by atoms with Crippen molar-refractivity contribution in [2.45, 2.75) is 32.6 Å². The standard InChI is InChI=1S/C20H25NO2/c1-5-11-21-14-15-12-17(23-4)13-18(19(15)22)20(2,3)16-9-7-6-8-10-16/h6-10,12-14,22H,5,11H2,1-4H3. The SMILES string of the molecule is CCCN=Cc1cc(OC)cc(C(C)(C)c2ccccc2)c1O. The topological polar surface area (TPSA) is 41.8 Å². The van der Waals surface area contributed by atoms with Gasteiger partial charge in [0.2, 0.25) is 0 Å². The Morgan fingerprint density at radius 1 is 1.17 bits per heavy atom. The highest BCUT2D eigenvalue weighted by atomic mass is 16.5. The number of methoxy groups -OCH3 is 1. The number of phenolic OH excluding ortho intramolecular Hbond substituents is 1. The van der Waals surface area contributed by atoms with Crippen LogP contribution >= 0.6 is 0 Å². The predicted molar refractivity (Wildman–Crippen MR) is 96.0 cm³/mol. The maximum Gasteiger partial charge on any atom is 0.128 e. The average molecular weight is 311 g/mol. The molecular formula is C20H25NO2. The fourth-order valence-electron chi connectivity index (χ4n) is 2.62. The minimum Gasteiger partial charge on any atom is -0.507 e. The van der Waals surface area contributed by atoms with Gasteiger partial charge in [-0.1, -0.05) is 51.1 Å². The minimum absolute atomic E-state index is 0.263. The first-order chi connectivity index (χ1) is 11.0. The fourth-order valence-corrected chi connectivity index (χ4v) is 2.62. The molecule has 2 aromatic carbocycles. The van der Waals surface area contributed by atoms with Gasteiger partial charge in [-0.3, -0.25) is 4.99 Å². The molecule has 122 valence electrons. The van der Waals surface area contributed by atoms with Crippen molar-refractivity contribution in [1.82, 2.24) is 0 Å². The molecule has 2 aromatic rings. The highest BCUT2D eigenvalue weighted by Crippen LogP contribution is 2.40. The van der Waals surface area contributed by atoms with Crippen LogP contribution in [-0.2, 0) is 5.41 Å². The molecular weight excluding hydrogens is 286 g/mol. The van der Waals surface area contributed by atoms with E-state index in [1.165, 1.54) is 0 Å². The van der Waals surface area contributed by atoms with Crippen molar-refractivity contribution in [1.29, 1.82) is 0 Å². The molecule has 0 aliphatic carbocycles. The number of ether oxygens (including phenoxy) is 1. The Labute approximate surface area is 138 Å². The summed E-state index contributed by atoms with van der Waals surface area (Å²) in [5.74, 6) is 0.985. The monoisotopic (exact) mass is 311 g/mol. The number of rotatable bonds is 6. The van der Waals surface area contributed by atoms with Gasteiger partial charge in [-0.15, -0.1) is 0 Å². The molecule has 0 radical (unpaired) electrons. The van der Waals surface area contributed by atoms with E-state index in [2.05, 4.69) is 37.9 Å². The van der Waals surface area contributed by atoms with Gasteiger partial charge in [0.05, 0.1) is 7.11 Å². The first-order valence-corrected chi connectivity index (χ1v) is 7.97. The fraction of sp³-hybridized carbons (Fsp3) is 0.350. The number of benzene rings is 2. The summed E-state index contributed by atoms with van der Waals surface area (Å²) in [5.41, 5.74) is 2.32. The van der Waals surface area contributed by atoms with Gasteiger partial charge in [0.15, 0.2) is 0 Å². The summed E-state index contributed by atoms with van der Waals surface area (Å²) in [4.78, 5) is 4.35. The van der Waals surface area contributed by atoms with E-state index >= 15 is 0 Å². The molecule has 1 N–H and O–H groups in total. The Morgan fingerprint density at radius 2 is 1.87 bits per heavy atom. The second kappa shape index (κ2) is 7.32. The van der Waals surface area contributed by atoms with Gasteiger partial charge >= 0.3 is 0 Å². The third-order valence-electron chi connectivity index (χ3n) is 4.10. The van der Waals surface area contributed by atoms with Gasteiger partial charge < -0.3 is 9.84 Å². The third-order valence-corrected chi connectivity index (χ3v) is 4.10. The zero-order valence-electron chi connectivity index (χ0n) is 14.3.